The Morgan fingerprint density at radius 3 is 2.84 bits per heavy atom. The molecule has 2 aromatic rings. The Labute approximate surface area is 112 Å². The van der Waals surface area contributed by atoms with Gasteiger partial charge in [-0.15, -0.1) is 0 Å². The molecule has 2 heterocycles. The number of rotatable bonds is 1. The third kappa shape index (κ3) is 1.56. The van der Waals surface area contributed by atoms with E-state index in [2.05, 4.69) is 31.2 Å². The average Bonchev–Trinajstić information content (AvgIpc) is 2.85. The number of benzene rings is 1. The highest BCUT2D eigenvalue weighted by Gasteiger charge is 2.33. The van der Waals surface area contributed by atoms with E-state index in [0.717, 1.165) is 36.3 Å². The van der Waals surface area contributed by atoms with Gasteiger partial charge in [-0.25, -0.2) is 0 Å². The van der Waals surface area contributed by atoms with Crippen LogP contribution in [0.5, 0.6) is 0 Å². The van der Waals surface area contributed by atoms with Crippen LogP contribution < -0.4 is 0 Å². The van der Waals surface area contributed by atoms with Gasteiger partial charge in [-0.1, -0.05) is 30.3 Å². The molecule has 1 aliphatic carbocycles. The lowest BCUT2D eigenvalue weighted by Gasteiger charge is -2.26. The van der Waals surface area contributed by atoms with Gasteiger partial charge in [-0.2, -0.15) is 0 Å². The fourth-order valence-corrected chi connectivity index (χ4v) is 3.17. The highest BCUT2D eigenvalue weighted by molar-refractivity contribution is 5.81. The van der Waals surface area contributed by atoms with Gasteiger partial charge in [0.1, 0.15) is 17.6 Å². The first-order valence-electron chi connectivity index (χ1n) is 6.88. The van der Waals surface area contributed by atoms with Crippen LogP contribution in [0.15, 0.2) is 41.0 Å². The molecule has 0 N–H and O–H groups in total. The number of hydrogen-bond donors (Lipinski definition) is 0. The molecule has 2 nitrogen and oxygen atoms in total. The second-order valence-corrected chi connectivity index (χ2v) is 5.33. The lowest BCUT2D eigenvalue weighted by atomic mass is 9.87. The van der Waals surface area contributed by atoms with Crippen molar-refractivity contribution in [3.05, 3.63) is 53.5 Å². The highest BCUT2D eigenvalue weighted by Crippen LogP contribution is 2.47. The van der Waals surface area contributed by atoms with Crippen LogP contribution in [0.3, 0.4) is 0 Å². The van der Waals surface area contributed by atoms with Crippen molar-refractivity contribution < 1.29 is 9.15 Å². The fourth-order valence-electron chi connectivity index (χ4n) is 3.17. The summed E-state index contributed by atoms with van der Waals surface area (Å²) in [6.07, 6.45) is 5.36. The van der Waals surface area contributed by atoms with Crippen LogP contribution in [0.25, 0.3) is 16.9 Å². The Hall–Kier alpha value is -1.96. The summed E-state index contributed by atoms with van der Waals surface area (Å²) >= 11 is 0. The van der Waals surface area contributed by atoms with Gasteiger partial charge in [0.15, 0.2) is 0 Å². The molecule has 4 rings (SSSR count). The average molecular weight is 252 g/mol. The minimum absolute atomic E-state index is 0.198. The Bertz CT molecular complexity index is 649. The molecule has 1 unspecified atom stereocenters. The molecule has 0 bridgehead atoms. The van der Waals surface area contributed by atoms with Crippen molar-refractivity contribution in [2.75, 3.05) is 0 Å². The zero-order valence-corrected chi connectivity index (χ0v) is 11.0. The van der Waals surface area contributed by atoms with Gasteiger partial charge < -0.3 is 9.15 Å². The van der Waals surface area contributed by atoms with Gasteiger partial charge in [0.25, 0.3) is 0 Å². The van der Waals surface area contributed by atoms with Crippen LogP contribution in [0.2, 0.25) is 0 Å². The van der Waals surface area contributed by atoms with Crippen molar-refractivity contribution >= 4 is 5.57 Å². The topological polar surface area (TPSA) is 22.4 Å². The molecule has 96 valence electrons. The predicted octanol–water partition coefficient (Wildman–Crippen LogP) is 4.72. The molecule has 1 aromatic heterocycles. The second kappa shape index (κ2) is 4.02. The van der Waals surface area contributed by atoms with E-state index in [1.807, 2.05) is 12.3 Å². The lowest BCUT2D eigenvalue weighted by molar-refractivity contribution is 0.122. The molecular formula is C17H16O2. The summed E-state index contributed by atoms with van der Waals surface area (Å²) in [6, 6.07) is 10.4. The van der Waals surface area contributed by atoms with E-state index in [9.17, 15) is 0 Å². The van der Waals surface area contributed by atoms with Gasteiger partial charge in [-0.05, 0) is 25.3 Å². The standard InChI is InChI=1S/C17H16O2/c1-11-10-18-13-8-5-9-14-16(13)15(11)17(19-14)12-6-3-2-4-7-12/h2-4,6-7,10,13H,5,8-9H2,1H3. The molecule has 0 saturated heterocycles. The molecule has 2 aliphatic rings. The maximum Gasteiger partial charge on any atom is 0.142 e. The van der Waals surface area contributed by atoms with Crippen molar-refractivity contribution in [1.82, 2.24) is 0 Å². The van der Waals surface area contributed by atoms with Crippen molar-refractivity contribution in [3.63, 3.8) is 0 Å². The number of allylic oxidation sites excluding steroid dienone is 1. The van der Waals surface area contributed by atoms with Gasteiger partial charge >= 0.3 is 0 Å². The smallest absolute Gasteiger partial charge is 0.142 e. The quantitative estimate of drug-likeness (QED) is 0.733. The van der Waals surface area contributed by atoms with Crippen LogP contribution in [0, 0.1) is 0 Å². The molecule has 0 saturated carbocycles. The minimum Gasteiger partial charge on any atom is -0.493 e. The van der Waals surface area contributed by atoms with Crippen LogP contribution >= 0.6 is 0 Å². The molecular weight excluding hydrogens is 236 g/mol. The van der Waals surface area contributed by atoms with Crippen LogP contribution in [0.4, 0.5) is 0 Å². The van der Waals surface area contributed by atoms with Gasteiger partial charge in [0.05, 0.1) is 6.26 Å². The van der Waals surface area contributed by atoms with Crippen molar-refractivity contribution in [2.24, 2.45) is 0 Å². The van der Waals surface area contributed by atoms with Gasteiger partial charge in [0, 0.05) is 23.1 Å². The first kappa shape index (κ1) is 10.9. The summed E-state index contributed by atoms with van der Waals surface area (Å²) in [6.45, 7) is 2.10. The summed E-state index contributed by atoms with van der Waals surface area (Å²) in [7, 11) is 0. The lowest BCUT2D eigenvalue weighted by Crippen LogP contribution is -2.13. The van der Waals surface area contributed by atoms with E-state index in [-0.39, 0.29) is 6.10 Å². The predicted molar refractivity (Wildman–Crippen MR) is 74.6 cm³/mol. The summed E-state index contributed by atoms with van der Waals surface area (Å²) < 4.78 is 12.0. The molecule has 1 aromatic carbocycles. The molecule has 0 amide bonds. The maximum atomic E-state index is 6.17. The van der Waals surface area contributed by atoms with E-state index in [1.54, 1.807) is 0 Å². The fraction of sp³-hybridized carbons (Fsp3) is 0.294. The molecule has 0 spiro atoms. The number of furan rings is 1. The Kier molecular flexibility index (Phi) is 2.31. The monoisotopic (exact) mass is 252 g/mol. The molecule has 0 fully saturated rings. The zero-order chi connectivity index (χ0) is 12.8. The van der Waals surface area contributed by atoms with Crippen molar-refractivity contribution in [2.45, 2.75) is 32.3 Å². The van der Waals surface area contributed by atoms with Crippen LogP contribution in [0.1, 0.15) is 42.8 Å². The van der Waals surface area contributed by atoms with E-state index >= 15 is 0 Å². The van der Waals surface area contributed by atoms with E-state index in [1.165, 1.54) is 16.7 Å². The minimum atomic E-state index is 0.198. The summed E-state index contributed by atoms with van der Waals surface area (Å²) in [4.78, 5) is 0. The van der Waals surface area contributed by atoms with E-state index in [4.69, 9.17) is 9.15 Å². The zero-order valence-electron chi connectivity index (χ0n) is 11.0. The summed E-state index contributed by atoms with van der Waals surface area (Å²) in [5.41, 5.74) is 4.88. The molecule has 2 heteroatoms. The SMILES string of the molecule is CC1=COC2CCCc3oc(-c4ccccc4)c1c32. The summed E-state index contributed by atoms with van der Waals surface area (Å²) in [5.74, 6) is 2.13. The Balaban J connectivity index is 1.98. The maximum absolute atomic E-state index is 6.17. The van der Waals surface area contributed by atoms with Crippen molar-refractivity contribution in [3.8, 4) is 11.3 Å². The van der Waals surface area contributed by atoms with Crippen LogP contribution in [-0.4, -0.2) is 0 Å². The van der Waals surface area contributed by atoms with Crippen LogP contribution in [-0.2, 0) is 11.2 Å². The second-order valence-electron chi connectivity index (χ2n) is 5.33. The number of ether oxygens (including phenoxy) is 1. The number of hydrogen-bond acceptors (Lipinski definition) is 2. The first-order valence-corrected chi connectivity index (χ1v) is 6.88. The van der Waals surface area contributed by atoms with Gasteiger partial charge in [-0.3, -0.25) is 0 Å². The van der Waals surface area contributed by atoms with Crippen molar-refractivity contribution in [1.29, 1.82) is 0 Å². The molecule has 1 aliphatic heterocycles. The highest BCUT2D eigenvalue weighted by atomic mass is 16.5. The van der Waals surface area contributed by atoms with E-state index < -0.39 is 0 Å². The van der Waals surface area contributed by atoms with Gasteiger partial charge in [0.2, 0.25) is 0 Å². The largest absolute Gasteiger partial charge is 0.493 e. The molecule has 1 atom stereocenters. The number of aryl methyl sites for hydroxylation is 1. The van der Waals surface area contributed by atoms with E-state index in [0.29, 0.717) is 0 Å². The first-order chi connectivity index (χ1) is 9.34. The Morgan fingerprint density at radius 1 is 1.16 bits per heavy atom. The summed E-state index contributed by atoms with van der Waals surface area (Å²) in [5, 5.41) is 0. The molecule has 0 radical (unpaired) electrons. The third-order valence-corrected chi connectivity index (χ3v) is 4.05. The Morgan fingerprint density at radius 2 is 2.00 bits per heavy atom. The third-order valence-electron chi connectivity index (χ3n) is 4.05. The molecule has 19 heavy (non-hydrogen) atoms. The normalized spacial score (nSPS) is 20.5.